The van der Waals surface area contributed by atoms with E-state index in [1.165, 1.54) is 13.8 Å². The molecule has 6 fully saturated rings. The summed E-state index contributed by atoms with van der Waals surface area (Å²) in [6, 6.07) is 8.59. The Balaban J connectivity index is 1.36. The van der Waals surface area contributed by atoms with Gasteiger partial charge in [0, 0.05) is 50.4 Å². The van der Waals surface area contributed by atoms with E-state index in [1.807, 2.05) is 6.92 Å². The van der Waals surface area contributed by atoms with Gasteiger partial charge in [-0.25, -0.2) is 4.79 Å². The number of carbonyl (C=O) groups excluding carboxylic acids is 6. The molecule has 4 saturated carbocycles. The molecule has 2 bridgehead atoms. The van der Waals surface area contributed by atoms with Crippen LogP contribution in [0.15, 0.2) is 30.3 Å². The van der Waals surface area contributed by atoms with Crippen molar-refractivity contribution in [3.63, 3.8) is 0 Å². The highest BCUT2D eigenvalue weighted by atomic mass is 16.6. The summed E-state index contributed by atoms with van der Waals surface area (Å²) in [4.78, 5) is 79.2. The van der Waals surface area contributed by atoms with Gasteiger partial charge in [-0.05, 0) is 37.3 Å². The van der Waals surface area contributed by atoms with E-state index in [4.69, 9.17) is 33.2 Å². The number of hydrogen-bond donors (Lipinski definition) is 1. The number of rotatable bonds is 7. The Labute approximate surface area is 288 Å². The third-order valence-electron chi connectivity index (χ3n) is 12.9. The Bertz CT molecular complexity index is 1630. The van der Waals surface area contributed by atoms with Crippen LogP contribution in [0.4, 0.5) is 0 Å². The fourth-order valence-corrected chi connectivity index (χ4v) is 11.3. The number of hydrogen-bond acceptors (Lipinski definition) is 14. The first-order valence-electron chi connectivity index (χ1n) is 17.0. The number of aliphatic hydroxyl groups is 1. The number of benzene rings is 1. The van der Waals surface area contributed by atoms with Crippen LogP contribution in [0.25, 0.3) is 0 Å². The van der Waals surface area contributed by atoms with E-state index in [-0.39, 0.29) is 19.4 Å². The van der Waals surface area contributed by atoms with Crippen LogP contribution in [-0.4, -0.2) is 91.4 Å². The lowest BCUT2D eigenvalue weighted by Crippen LogP contribution is -2.73. The number of methoxy groups -OCH3 is 1. The van der Waals surface area contributed by atoms with Crippen molar-refractivity contribution in [2.45, 2.75) is 83.6 Å². The molecule has 270 valence electrons. The normalized spacial score (nSPS) is 43.3. The van der Waals surface area contributed by atoms with E-state index in [0.29, 0.717) is 18.4 Å². The summed E-state index contributed by atoms with van der Waals surface area (Å²) in [7, 11) is 1.15. The summed E-state index contributed by atoms with van der Waals surface area (Å²) in [5, 5.41) is 12.4. The minimum atomic E-state index is -1.88. The Hall–Kier alpha value is -4.04. The van der Waals surface area contributed by atoms with Crippen molar-refractivity contribution < 1.29 is 67.0 Å². The summed E-state index contributed by atoms with van der Waals surface area (Å²) in [6.45, 7) is 4.54. The topological polar surface area (TPSA) is 187 Å². The second-order valence-corrected chi connectivity index (χ2v) is 15.0. The number of ether oxygens (including phenoxy) is 7. The van der Waals surface area contributed by atoms with Crippen molar-refractivity contribution in [3.05, 3.63) is 35.9 Å². The van der Waals surface area contributed by atoms with Crippen molar-refractivity contribution in [3.8, 4) is 0 Å². The molecule has 7 rings (SSSR count). The zero-order chi connectivity index (χ0) is 36.0. The smallest absolute Gasteiger partial charge is 0.338 e. The largest absolute Gasteiger partial charge is 0.468 e. The summed E-state index contributed by atoms with van der Waals surface area (Å²) in [5.41, 5.74) is -4.11. The minimum absolute atomic E-state index is 0.0117. The van der Waals surface area contributed by atoms with E-state index in [0.717, 1.165) is 14.0 Å². The molecule has 14 heteroatoms. The van der Waals surface area contributed by atoms with E-state index in [9.17, 15) is 33.9 Å². The lowest BCUT2D eigenvalue weighted by Gasteiger charge is -2.63. The maximum atomic E-state index is 14.3. The van der Waals surface area contributed by atoms with Crippen LogP contribution in [0.5, 0.6) is 0 Å². The van der Waals surface area contributed by atoms with Crippen LogP contribution >= 0.6 is 0 Å². The molecule has 1 N–H and O–H groups in total. The molecular weight excluding hydrogens is 656 g/mol. The molecule has 6 aliphatic rings. The maximum absolute atomic E-state index is 14.3. The predicted octanol–water partition coefficient (Wildman–Crippen LogP) is 2.13. The Kier molecular flexibility index (Phi) is 8.09. The molecule has 1 spiro atoms. The summed E-state index contributed by atoms with van der Waals surface area (Å²) in [6.07, 6.45) is -3.31. The van der Waals surface area contributed by atoms with Gasteiger partial charge in [0.15, 0.2) is 5.79 Å². The van der Waals surface area contributed by atoms with Gasteiger partial charge in [-0.15, -0.1) is 0 Å². The summed E-state index contributed by atoms with van der Waals surface area (Å²) in [5.74, 6) is -9.54. The van der Waals surface area contributed by atoms with Crippen molar-refractivity contribution >= 4 is 35.8 Å². The molecule has 2 aliphatic heterocycles. The molecule has 2 saturated heterocycles. The maximum Gasteiger partial charge on any atom is 0.338 e. The van der Waals surface area contributed by atoms with Gasteiger partial charge < -0.3 is 38.3 Å². The predicted molar refractivity (Wildman–Crippen MR) is 165 cm³/mol. The molecule has 1 aromatic rings. The summed E-state index contributed by atoms with van der Waals surface area (Å²) >= 11 is 0. The zero-order valence-electron chi connectivity index (χ0n) is 28.6. The van der Waals surface area contributed by atoms with Gasteiger partial charge in [-0.1, -0.05) is 25.1 Å². The number of esters is 6. The number of cyclic esters (lactones) is 1. The van der Waals surface area contributed by atoms with Gasteiger partial charge in [0.1, 0.15) is 36.9 Å². The molecule has 0 amide bonds. The van der Waals surface area contributed by atoms with Crippen LogP contribution in [0.1, 0.15) is 63.7 Å². The van der Waals surface area contributed by atoms with Crippen molar-refractivity contribution in [2.75, 3.05) is 20.3 Å². The van der Waals surface area contributed by atoms with E-state index in [1.54, 1.807) is 30.3 Å². The second-order valence-electron chi connectivity index (χ2n) is 15.0. The quantitative estimate of drug-likeness (QED) is 0.322. The third-order valence-corrected chi connectivity index (χ3v) is 12.9. The molecule has 13 atom stereocenters. The fraction of sp³-hybridized carbons (Fsp3) is 0.667. The first-order valence-corrected chi connectivity index (χ1v) is 17.0. The highest BCUT2D eigenvalue weighted by Crippen LogP contribution is 2.77. The first-order chi connectivity index (χ1) is 23.6. The summed E-state index contributed by atoms with van der Waals surface area (Å²) < 4.78 is 41.2. The lowest BCUT2D eigenvalue weighted by molar-refractivity contribution is -0.269. The molecule has 0 radical (unpaired) electrons. The third kappa shape index (κ3) is 4.59. The second kappa shape index (κ2) is 11.8. The monoisotopic (exact) mass is 698 g/mol. The standard InChI is InChI=1S/C36H42O14/c1-17(37)45-16-35(32(42)44-5)24-13-25-33(4,29-31(41)46-15-34(24,29)26(47-18(2)38)14-27(35)48-19(3)39)28-22-11-21(36(28,43)50-25)12-23(22)49-30(40)20-9-7-6-8-10-20/h6-10,21-29,43H,11-16H2,1-5H3/t21-,22+,23+,24+,25+,26-,27+,28-,29-,33-,34+,35+,36-/m0/s1. The van der Waals surface area contributed by atoms with Crippen LogP contribution in [0.3, 0.4) is 0 Å². The van der Waals surface area contributed by atoms with Crippen molar-refractivity contribution in [2.24, 2.45) is 45.8 Å². The van der Waals surface area contributed by atoms with Gasteiger partial charge >= 0.3 is 35.8 Å². The Morgan fingerprint density at radius 1 is 0.900 bits per heavy atom. The van der Waals surface area contributed by atoms with E-state index in [2.05, 4.69) is 0 Å². The van der Waals surface area contributed by atoms with Crippen LogP contribution in [-0.2, 0) is 57.1 Å². The van der Waals surface area contributed by atoms with Crippen LogP contribution in [0, 0.1) is 45.8 Å². The molecule has 0 unspecified atom stereocenters. The van der Waals surface area contributed by atoms with Gasteiger partial charge in [-0.2, -0.15) is 0 Å². The van der Waals surface area contributed by atoms with Gasteiger partial charge in [0.05, 0.1) is 30.1 Å². The van der Waals surface area contributed by atoms with Crippen LogP contribution in [0.2, 0.25) is 0 Å². The molecular formula is C36H42O14. The van der Waals surface area contributed by atoms with Gasteiger partial charge in [0.2, 0.25) is 0 Å². The molecule has 1 aromatic carbocycles. The Morgan fingerprint density at radius 3 is 2.22 bits per heavy atom. The molecule has 14 nitrogen and oxygen atoms in total. The molecule has 50 heavy (non-hydrogen) atoms. The highest BCUT2D eigenvalue weighted by Gasteiger charge is 2.85. The number of carbonyl (C=O) groups is 6. The van der Waals surface area contributed by atoms with Gasteiger partial charge in [-0.3, -0.25) is 24.0 Å². The molecule has 2 heterocycles. The average Bonchev–Trinajstić information content (AvgIpc) is 3.77. The SMILES string of the molecule is COC(=O)[C@@]1(COC(C)=O)[C@H](OC(C)=O)C[C@H](OC(C)=O)[C@]23COC(=O)[C@H]2[C@]2(C)[C@@H]4[C@@H]5C[C@@H](C[C@H]5OC(=O)c5ccccc5)[C@]4(O)O[C@@H]2C[C@@H]13. The number of fused-ring (bicyclic) bond motifs is 8. The fourth-order valence-electron chi connectivity index (χ4n) is 11.3. The van der Waals surface area contributed by atoms with E-state index >= 15 is 0 Å². The first kappa shape index (κ1) is 34.4. The zero-order valence-corrected chi connectivity index (χ0v) is 28.6. The van der Waals surface area contributed by atoms with Crippen molar-refractivity contribution in [1.29, 1.82) is 0 Å². The average molecular weight is 699 g/mol. The minimum Gasteiger partial charge on any atom is -0.468 e. The van der Waals surface area contributed by atoms with E-state index < -0.39 is 118 Å². The Morgan fingerprint density at radius 2 is 1.58 bits per heavy atom. The molecule has 4 aliphatic carbocycles. The van der Waals surface area contributed by atoms with Crippen molar-refractivity contribution in [1.82, 2.24) is 0 Å². The van der Waals surface area contributed by atoms with Gasteiger partial charge in [0.25, 0.3) is 0 Å². The highest BCUT2D eigenvalue weighted by molar-refractivity contribution is 5.89. The lowest BCUT2D eigenvalue weighted by atomic mass is 9.39. The van der Waals surface area contributed by atoms with Crippen LogP contribution < -0.4 is 0 Å². The molecule has 0 aromatic heterocycles.